The number of aliphatic carboxylic acids is 1. The molecule has 1 aromatic rings. The van der Waals surface area contributed by atoms with Crippen LogP contribution in [0.2, 0.25) is 0 Å². The number of amides is 2. The fourth-order valence-corrected chi connectivity index (χ4v) is 3.33. The Kier molecular flexibility index (Phi) is 4.55. The summed E-state index contributed by atoms with van der Waals surface area (Å²) >= 11 is 0. The number of carboxylic acid groups (broad SMARTS) is 1. The minimum absolute atomic E-state index is 0.0284. The Morgan fingerprint density at radius 3 is 2.62 bits per heavy atom. The van der Waals surface area contributed by atoms with Crippen LogP contribution >= 0.6 is 0 Å². The van der Waals surface area contributed by atoms with Gasteiger partial charge in [0.1, 0.15) is 6.54 Å². The summed E-state index contributed by atoms with van der Waals surface area (Å²) in [4.78, 5) is 39.3. The number of nitrogens with zero attached hydrogens (tertiary/aromatic N) is 2. The van der Waals surface area contributed by atoms with Crippen molar-refractivity contribution < 1.29 is 19.5 Å². The van der Waals surface area contributed by atoms with E-state index in [1.807, 2.05) is 31.2 Å². The predicted octanol–water partition coefficient (Wildman–Crippen LogP) is 1.68. The quantitative estimate of drug-likeness (QED) is 0.861. The molecule has 3 rings (SSSR count). The van der Waals surface area contributed by atoms with Crippen molar-refractivity contribution >= 4 is 23.5 Å². The number of benzene rings is 1. The number of carbonyl (C=O) groups excluding carboxylic acids is 2. The van der Waals surface area contributed by atoms with Crippen molar-refractivity contribution in [3.8, 4) is 0 Å². The molecule has 24 heavy (non-hydrogen) atoms. The first-order valence-electron chi connectivity index (χ1n) is 8.41. The van der Waals surface area contributed by atoms with Gasteiger partial charge in [0.05, 0.1) is 5.92 Å². The van der Waals surface area contributed by atoms with Gasteiger partial charge in [-0.25, -0.2) is 0 Å². The van der Waals surface area contributed by atoms with Crippen LogP contribution in [0.3, 0.4) is 0 Å². The van der Waals surface area contributed by atoms with E-state index >= 15 is 0 Å². The van der Waals surface area contributed by atoms with Crippen LogP contribution in [0.5, 0.6) is 0 Å². The van der Waals surface area contributed by atoms with Crippen molar-refractivity contribution in [3.63, 3.8) is 0 Å². The zero-order valence-electron chi connectivity index (χ0n) is 13.8. The Labute approximate surface area is 141 Å². The molecular formula is C18H22N2O4. The molecule has 1 saturated heterocycles. The van der Waals surface area contributed by atoms with Gasteiger partial charge in [0.15, 0.2) is 0 Å². The maximum atomic E-state index is 12.7. The summed E-state index contributed by atoms with van der Waals surface area (Å²) in [6.45, 7) is 2.08. The maximum absolute atomic E-state index is 12.7. The molecule has 0 radical (unpaired) electrons. The van der Waals surface area contributed by atoms with Gasteiger partial charge in [-0.05, 0) is 30.9 Å². The number of carbonyl (C=O) groups is 3. The van der Waals surface area contributed by atoms with Crippen molar-refractivity contribution in [1.29, 1.82) is 0 Å². The fraction of sp³-hybridized carbons (Fsp3) is 0.500. The summed E-state index contributed by atoms with van der Waals surface area (Å²) < 4.78 is 0. The van der Waals surface area contributed by atoms with Gasteiger partial charge >= 0.3 is 5.97 Å². The highest BCUT2D eigenvalue weighted by molar-refractivity contribution is 6.01. The molecule has 6 heteroatoms. The van der Waals surface area contributed by atoms with E-state index in [2.05, 4.69) is 0 Å². The van der Waals surface area contributed by atoms with Crippen molar-refractivity contribution in [1.82, 2.24) is 4.90 Å². The van der Waals surface area contributed by atoms with Gasteiger partial charge in [-0.1, -0.05) is 25.1 Å². The maximum Gasteiger partial charge on any atom is 0.323 e. The Bertz CT molecular complexity index is 669. The second-order valence-corrected chi connectivity index (χ2v) is 6.48. The topological polar surface area (TPSA) is 77.9 Å². The van der Waals surface area contributed by atoms with Gasteiger partial charge in [0.25, 0.3) is 0 Å². The average Bonchev–Trinajstić information content (AvgIpc) is 3.34. The van der Waals surface area contributed by atoms with E-state index in [1.165, 1.54) is 4.90 Å². The molecule has 1 aliphatic heterocycles. The minimum atomic E-state index is -1.01. The van der Waals surface area contributed by atoms with Crippen LogP contribution in [0, 0.1) is 5.92 Å². The largest absolute Gasteiger partial charge is 0.480 e. The van der Waals surface area contributed by atoms with Crippen LogP contribution < -0.4 is 4.90 Å². The van der Waals surface area contributed by atoms with Gasteiger partial charge in [0.2, 0.25) is 11.8 Å². The lowest BCUT2D eigenvalue weighted by Gasteiger charge is -2.24. The first-order valence-corrected chi connectivity index (χ1v) is 8.41. The lowest BCUT2D eigenvalue weighted by molar-refractivity contribution is -0.146. The van der Waals surface area contributed by atoms with Gasteiger partial charge in [-0.3, -0.25) is 14.4 Å². The molecule has 1 saturated carbocycles. The van der Waals surface area contributed by atoms with Crippen LogP contribution in [0.25, 0.3) is 0 Å². The number of para-hydroxylation sites is 1. The van der Waals surface area contributed by atoms with Crippen molar-refractivity contribution in [3.05, 3.63) is 29.8 Å². The van der Waals surface area contributed by atoms with Crippen molar-refractivity contribution in [2.45, 2.75) is 38.6 Å². The van der Waals surface area contributed by atoms with E-state index in [1.54, 1.807) is 4.90 Å². The van der Waals surface area contributed by atoms with E-state index in [9.17, 15) is 14.4 Å². The lowest BCUT2D eigenvalue weighted by Crippen LogP contribution is -2.42. The van der Waals surface area contributed by atoms with Gasteiger partial charge in [-0.15, -0.1) is 0 Å². The highest BCUT2D eigenvalue weighted by Gasteiger charge is 2.42. The normalized spacial score (nSPS) is 20.3. The van der Waals surface area contributed by atoms with Crippen LogP contribution in [0.1, 0.15) is 31.7 Å². The van der Waals surface area contributed by atoms with E-state index < -0.39 is 11.9 Å². The van der Waals surface area contributed by atoms with E-state index in [0.29, 0.717) is 6.54 Å². The van der Waals surface area contributed by atoms with Gasteiger partial charge in [-0.2, -0.15) is 0 Å². The lowest BCUT2D eigenvalue weighted by atomic mass is 10.1. The molecule has 1 atom stereocenters. The highest BCUT2D eigenvalue weighted by Crippen LogP contribution is 2.33. The molecule has 1 N–H and O–H groups in total. The molecule has 2 amide bonds. The molecule has 128 valence electrons. The Balaban J connectivity index is 1.76. The average molecular weight is 330 g/mol. The molecule has 0 spiro atoms. The van der Waals surface area contributed by atoms with Crippen LogP contribution in [0.15, 0.2) is 24.3 Å². The molecular weight excluding hydrogens is 308 g/mol. The second kappa shape index (κ2) is 6.63. The van der Waals surface area contributed by atoms with E-state index in [4.69, 9.17) is 5.11 Å². The molecule has 1 heterocycles. The molecule has 1 aliphatic carbocycles. The first-order chi connectivity index (χ1) is 11.5. The first kappa shape index (κ1) is 16.5. The third-order valence-electron chi connectivity index (χ3n) is 4.71. The zero-order chi connectivity index (χ0) is 17.3. The van der Waals surface area contributed by atoms with E-state index in [0.717, 1.165) is 30.5 Å². The Morgan fingerprint density at radius 2 is 2.00 bits per heavy atom. The molecule has 2 aliphatic rings. The van der Waals surface area contributed by atoms with E-state index in [-0.39, 0.29) is 30.8 Å². The third kappa shape index (κ3) is 3.27. The highest BCUT2D eigenvalue weighted by atomic mass is 16.4. The smallest absolute Gasteiger partial charge is 0.323 e. The van der Waals surface area contributed by atoms with Crippen molar-refractivity contribution in [2.75, 3.05) is 18.0 Å². The molecule has 6 nitrogen and oxygen atoms in total. The number of hydrogen-bond acceptors (Lipinski definition) is 3. The third-order valence-corrected chi connectivity index (χ3v) is 4.71. The summed E-state index contributed by atoms with van der Waals surface area (Å²) in [7, 11) is 0. The summed E-state index contributed by atoms with van der Waals surface area (Å²) in [5, 5.41) is 9.03. The Morgan fingerprint density at radius 1 is 1.29 bits per heavy atom. The van der Waals surface area contributed by atoms with Crippen LogP contribution in [-0.2, 0) is 20.8 Å². The molecule has 1 aromatic carbocycles. The number of carboxylic acids is 1. The fourth-order valence-electron chi connectivity index (χ4n) is 3.33. The summed E-state index contributed by atoms with van der Waals surface area (Å²) in [5.74, 6) is -1.74. The monoisotopic (exact) mass is 330 g/mol. The minimum Gasteiger partial charge on any atom is -0.480 e. The van der Waals surface area contributed by atoms with Gasteiger partial charge < -0.3 is 14.9 Å². The summed E-state index contributed by atoms with van der Waals surface area (Å²) in [6, 6.07) is 7.74. The summed E-state index contributed by atoms with van der Waals surface area (Å²) in [5.41, 5.74) is 1.93. The number of anilines is 1. The predicted molar refractivity (Wildman–Crippen MR) is 88.7 cm³/mol. The van der Waals surface area contributed by atoms with Crippen LogP contribution in [0.4, 0.5) is 5.69 Å². The molecule has 0 bridgehead atoms. The summed E-state index contributed by atoms with van der Waals surface area (Å²) in [6.07, 6.45) is 2.66. The SMILES string of the molecule is CCc1ccccc1N1CC(C(=O)N(CC(=O)O)C2CC2)CC1=O. The number of hydrogen-bond donors (Lipinski definition) is 1. The van der Waals surface area contributed by atoms with Crippen molar-refractivity contribution in [2.24, 2.45) is 5.92 Å². The number of rotatable bonds is 6. The molecule has 1 unspecified atom stereocenters. The second-order valence-electron chi connectivity index (χ2n) is 6.48. The molecule has 0 aromatic heterocycles. The zero-order valence-corrected chi connectivity index (χ0v) is 13.8. The van der Waals surface area contributed by atoms with Crippen LogP contribution in [-0.4, -0.2) is 46.9 Å². The molecule has 2 fully saturated rings. The number of aryl methyl sites for hydroxylation is 1. The Hall–Kier alpha value is -2.37. The standard InChI is InChI=1S/C18H22N2O4/c1-2-12-5-3-4-6-15(12)20-10-13(9-16(20)21)18(24)19(11-17(22)23)14-7-8-14/h3-6,13-14H,2,7-11H2,1H3,(H,22,23). The van der Waals surface area contributed by atoms with Gasteiger partial charge in [0, 0.05) is 24.7 Å².